The Hall–Kier alpha value is -1.49. The first-order valence-corrected chi connectivity index (χ1v) is 7.08. The molecule has 19 heavy (non-hydrogen) atoms. The minimum absolute atomic E-state index is 0.144. The fourth-order valence-electron chi connectivity index (χ4n) is 1.45. The summed E-state index contributed by atoms with van der Waals surface area (Å²) in [6, 6.07) is 7.32. The van der Waals surface area contributed by atoms with E-state index in [1.807, 2.05) is 31.2 Å². The van der Waals surface area contributed by atoms with Gasteiger partial charge in [0, 0.05) is 24.1 Å². The molecule has 0 radical (unpaired) electrons. The second-order valence-corrected chi connectivity index (χ2v) is 5.60. The summed E-state index contributed by atoms with van der Waals surface area (Å²) in [5.74, 6) is -0.477. The highest BCUT2D eigenvalue weighted by Gasteiger charge is 2.20. The molecule has 0 aliphatic rings. The van der Waals surface area contributed by atoms with Gasteiger partial charge < -0.3 is 10.0 Å². The van der Waals surface area contributed by atoms with E-state index in [9.17, 15) is 9.59 Å². The number of carboxylic acid groups (broad SMARTS) is 1. The van der Waals surface area contributed by atoms with Gasteiger partial charge >= 0.3 is 5.97 Å². The molecule has 0 saturated heterocycles. The van der Waals surface area contributed by atoms with Crippen molar-refractivity contribution >= 4 is 23.6 Å². The Labute approximate surface area is 117 Å². The summed E-state index contributed by atoms with van der Waals surface area (Å²) in [5, 5.41) is 8.83. The van der Waals surface area contributed by atoms with E-state index in [-0.39, 0.29) is 5.91 Å². The van der Waals surface area contributed by atoms with E-state index in [1.165, 1.54) is 24.4 Å². The maximum atomic E-state index is 11.8. The van der Waals surface area contributed by atoms with Gasteiger partial charge in [0.1, 0.15) is 6.04 Å². The van der Waals surface area contributed by atoms with Gasteiger partial charge in [-0.2, -0.15) is 0 Å². The molecule has 4 nitrogen and oxygen atoms in total. The second-order valence-electron chi connectivity index (χ2n) is 4.43. The number of rotatable bonds is 6. The van der Waals surface area contributed by atoms with Gasteiger partial charge in [0.15, 0.2) is 0 Å². The van der Waals surface area contributed by atoms with E-state index in [0.717, 1.165) is 4.90 Å². The van der Waals surface area contributed by atoms with Crippen molar-refractivity contribution in [3.8, 4) is 0 Å². The molecule has 0 aromatic heterocycles. The fourth-order valence-corrected chi connectivity index (χ4v) is 2.29. The first-order valence-electron chi connectivity index (χ1n) is 6.09. The molecule has 0 saturated carbocycles. The van der Waals surface area contributed by atoms with Crippen LogP contribution in [-0.4, -0.2) is 40.7 Å². The Balaban J connectivity index is 2.38. The fraction of sp³-hybridized carbons (Fsp3) is 0.429. The molecule has 0 aliphatic carbocycles. The van der Waals surface area contributed by atoms with Gasteiger partial charge in [0.25, 0.3) is 0 Å². The van der Waals surface area contributed by atoms with Gasteiger partial charge in [-0.3, -0.25) is 4.79 Å². The van der Waals surface area contributed by atoms with Crippen molar-refractivity contribution in [2.24, 2.45) is 0 Å². The third-order valence-corrected chi connectivity index (χ3v) is 3.95. The molecule has 5 heteroatoms. The zero-order valence-electron chi connectivity index (χ0n) is 11.4. The standard InChI is InChI=1S/C14H19NO3S/c1-10-4-6-12(7-5-10)19-9-8-13(16)15(3)11(2)14(17)18/h4-7,11H,8-9H2,1-3H3,(H,17,18). The zero-order chi connectivity index (χ0) is 14.4. The van der Waals surface area contributed by atoms with Crippen molar-refractivity contribution in [3.63, 3.8) is 0 Å². The summed E-state index contributed by atoms with van der Waals surface area (Å²) >= 11 is 1.60. The molecule has 1 atom stereocenters. The zero-order valence-corrected chi connectivity index (χ0v) is 12.2. The molecule has 0 spiro atoms. The lowest BCUT2D eigenvalue weighted by Gasteiger charge is -2.21. The van der Waals surface area contributed by atoms with Crippen LogP contribution in [0.1, 0.15) is 18.9 Å². The van der Waals surface area contributed by atoms with Crippen molar-refractivity contribution in [2.45, 2.75) is 31.2 Å². The van der Waals surface area contributed by atoms with Crippen LogP contribution in [0.15, 0.2) is 29.2 Å². The smallest absolute Gasteiger partial charge is 0.326 e. The summed E-state index contributed by atoms with van der Waals surface area (Å²) in [4.78, 5) is 24.9. The number of likely N-dealkylation sites (N-methyl/N-ethyl adjacent to an activating group) is 1. The van der Waals surface area contributed by atoms with E-state index in [4.69, 9.17) is 5.11 Å². The predicted molar refractivity (Wildman–Crippen MR) is 76.4 cm³/mol. The molecule has 1 unspecified atom stereocenters. The highest BCUT2D eigenvalue weighted by atomic mass is 32.2. The summed E-state index contributed by atoms with van der Waals surface area (Å²) in [5.41, 5.74) is 1.20. The van der Waals surface area contributed by atoms with Gasteiger partial charge in [-0.25, -0.2) is 4.79 Å². The SMILES string of the molecule is Cc1ccc(SCCC(=O)N(C)C(C)C(=O)O)cc1. The molecule has 1 rings (SSSR count). The second kappa shape index (κ2) is 7.19. The minimum Gasteiger partial charge on any atom is -0.480 e. The molecular formula is C14H19NO3S. The molecule has 0 heterocycles. The van der Waals surface area contributed by atoms with Crippen LogP contribution < -0.4 is 0 Å². The Morgan fingerprint density at radius 1 is 1.32 bits per heavy atom. The Kier molecular flexibility index (Phi) is 5.89. The average molecular weight is 281 g/mol. The lowest BCUT2D eigenvalue weighted by atomic mass is 10.2. The molecule has 1 N–H and O–H groups in total. The molecular weight excluding hydrogens is 262 g/mol. The lowest BCUT2D eigenvalue weighted by molar-refractivity contribution is -0.148. The number of hydrogen-bond acceptors (Lipinski definition) is 3. The average Bonchev–Trinajstić information content (AvgIpc) is 2.39. The van der Waals surface area contributed by atoms with E-state index in [1.54, 1.807) is 11.8 Å². The summed E-state index contributed by atoms with van der Waals surface area (Å²) < 4.78 is 0. The van der Waals surface area contributed by atoms with E-state index in [0.29, 0.717) is 12.2 Å². The first-order chi connectivity index (χ1) is 8.91. The van der Waals surface area contributed by atoms with Crippen LogP contribution in [0.25, 0.3) is 0 Å². The number of thioether (sulfide) groups is 1. The number of carbonyl (C=O) groups is 2. The normalized spacial score (nSPS) is 11.9. The van der Waals surface area contributed by atoms with E-state index in [2.05, 4.69) is 0 Å². The monoisotopic (exact) mass is 281 g/mol. The van der Waals surface area contributed by atoms with Crippen LogP contribution in [0.3, 0.4) is 0 Å². The molecule has 104 valence electrons. The number of nitrogens with zero attached hydrogens (tertiary/aromatic N) is 1. The van der Waals surface area contributed by atoms with Crippen LogP contribution >= 0.6 is 11.8 Å². The van der Waals surface area contributed by atoms with Crippen LogP contribution in [0.5, 0.6) is 0 Å². The van der Waals surface area contributed by atoms with Crippen molar-refractivity contribution < 1.29 is 14.7 Å². The topological polar surface area (TPSA) is 57.6 Å². The van der Waals surface area contributed by atoms with Gasteiger partial charge in [-0.15, -0.1) is 11.8 Å². The molecule has 0 bridgehead atoms. The highest BCUT2D eigenvalue weighted by Crippen LogP contribution is 2.19. The number of carbonyl (C=O) groups excluding carboxylic acids is 1. The maximum Gasteiger partial charge on any atom is 0.326 e. The van der Waals surface area contributed by atoms with E-state index >= 15 is 0 Å². The number of carboxylic acids is 1. The van der Waals surface area contributed by atoms with Gasteiger partial charge in [0.2, 0.25) is 5.91 Å². The number of amides is 1. The number of aliphatic carboxylic acids is 1. The van der Waals surface area contributed by atoms with Crippen molar-refractivity contribution in [3.05, 3.63) is 29.8 Å². The predicted octanol–water partition coefficient (Wildman–Crippen LogP) is 2.41. The lowest BCUT2D eigenvalue weighted by Crippen LogP contribution is -2.40. The third kappa shape index (κ3) is 4.95. The highest BCUT2D eigenvalue weighted by molar-refractivity contribution is 7.99. The first kappa shape index (κ1) is 15.6. The van der Waals surface area contributed by atoms with Crippen LogP contribution in [0.4, 0.5) is 0 Å². The van der Waals surface area contributed by atoms with Crippen molar-refractivity contribution in [1.29, 1.82) is 0 Å². The van der Waals surface area contributed by atoms with Gasteiger partial charge in [-0.1, -0.05) is 17.7 Å². The van der Waals surface area contributed by atoms with Crippen LogP contribution in [0.2, 0.25) is 0 Å². The van der Waals surface area contributed by atoms with Gasteiger partial charge in [-0.05, 0) is 26.0 Å². The largest absolute Gasteiger partial charge is 0.480 e. The van der Waals surface area contributed by atoms with Crippen molar-refractivity contribution in [1.82, 2.24) is 4.90 Å². The quantitative estimate of drug-likeness (QED) is 0.814. The van der Waals surface area contributed by atoms with Crippen LogP contribution in [-0.2, 0) is 9.59 Å². The summed E-state index contributed by atoms with van der Waals surface area (Å²) in [6.07, 6.45) is 0.340. The molecule has 0 fully saturated rings. The van der Waals surface area contributed by atoms with Gasteiger partial charge in [0.05, 0.1) is 0 Å². The number of hydrogen-bond donors (Lipinski definition) is 1. The Morgan fingerprint density at radius 2 is 1.89 bits per heavy atom. The van der Waals surface area contributed by atoms with E-state index < -0.39 is 12.0 Å². The number of benzene rings is 1. The van der Waals surface area contributed by atoms with Crippen LogP contribution in [0, 0.1) is 6.92 Å². The summed E-state index contributed by atoms with van der Waals surface area (Å²) in [6.45, 7) is 3.54. The van der Waals surface area contributed by atoms with Crippen molar-refractivity contribution in [2.75, 3.05) is 12.8 Å². The summed E-state index contributed by atoms with van der Waals surface area (Å²) in [7, 11) is 1.53. The molecule has 1 aromatic carbocycles. The third-order valence-electron chi connectivity index (χ3n) is 2.94. The Morgan fingerprint density at radius 3 is 2.42 bits per heavy atom. The molecule has 1 amide bonds. The Bertz CT molecular complexity index is 445. The number of aryl methyl sites for hydroxylation is 1. The molecule has 0 aliphatic heterocycles. The minimum atomic E-state index is -0.984. The maximum absolute atomic E-state index is 11.8. The molecule has 1 aromatic rings.